The van der Waals surface area contributed by atoms with Crippen LogP contribution in [0.25, 0.3) is 0 Å². The number of methoxy groups -OCH3 is 1. The van der Waals surface area contributed by atoms with Crippen molar-refractivity contribution in [1.82, 2.24) is 0 Å². The van der Waals surface area contributed by atoms with Gasteiger partial charge in [0.15, 0.2) is 11.6 Å². The summed E-state index contributed by atoms with van der Waals surface area (Å²) in [6.07, 6.45) is 1.47. The van der Waals surface area contributed by atoms with E-state index in [9.17, 15) is 22.0 Å². The molecule has 1 N–H and O–H groups in total. The third-order valence-electron chi connectivity index (χ3n) is 2.79. The zero-order chi connectivity index (χ0) is 19.0. The molecule has 10 heteroatoms. The van der Waals surface area contributed by atoms with Crippen molar-refractivity contribution in [3.05, 3.63) is 53.6 Å². The number of hydrogen-bond acceptors (Lipinski definition) is 5. The molecular formula is C15H13ClF2N2O4S. The van der Waals surface area contributed by atoms with Crippen LogP contribution in [-0.4, -0.2) is 27.8 Å². The Balaban J connectivity index is 0.00000151. The number of anilines is 1. The lowest BCUT2D eigenvalue weighted by atomic mass is 10.2. The summed E-state index contributed by atoms with van der Waals surface area (Å²) < 4.78 is 55.6. The maximum absolute atomic E-state index is 13.1. The van der Waals surface area contributed by atoms with Gasteiger partial charge in [0.25, 0.3) is 5.91 Å². The maximum Gasteiger partial charge on any atom is 0.316 e. The van der Waals surface area contributed by atoms with Gasteiger partial charge in [-0.05, 0) is 36.4 Å². The first kappa shape index (κ1) is 20.5. The molecule has 2 aromatic carbocycles. The highest BCUT2D eigenvalue weighted by atomic mass is 35.5. The number of hydrogen-bond donors (Lipinski definition) is 1. The minimum absolute atomic E-state index is 0.0103. The molecule has 0 saturated carbocycles. The van der Waals surface area contributed by atoms with Crippen LogP contribution >= 0.6 is 11.6 Å². The molecule has 6 nitrogen and oxygen atoms in total. The number of halogens is 3. The fourth-order valence-corrected chi connectivity index (χ4v) is 2.06. The Hall–Kier alpha value is -2.52. The Bertz CT molecular complexity index is 896. The van der Waals surface area contributed by atoms with E-state index in [0.29, 0.717) is 0 Å². The molecule has 25 heavy (non-hydrogen) atoms. The number of rotatable bonds is 4. The summed E-state index contributed by atoms with van der Waals surface area (Å²) in [7, 11) is -1.37. The van der Waals surface area contributed by atoms with Crippen molar-refractivity contribution in [1.29, 1.82) is 0 Å². The van der Waals surface area contributed by atoms with Crippen molar-refractivity contribution in [3.63, 3.8) is 0 Å². The molecule has 0 unspecified atom stereocenters. The van der Waals surface area contributed by atoms with Crippen LogP contribution in [0.3, 0.4) is 0 Å². The highest BCUT2D eigenvalue weighted by molar-refractivity contribution is 7.61. The average Bonchev–Trinajstić information content (AvgIpc) is 2.59. The zero-order valence-corrected chi connectivity index (χ0v) is 14.7. The van der Waals surface area contributed by atoms with Crippen molar-refractivity contribution in [3.8, 4) is 5.75 Å². The molecule has 0 fully saturated rings. The normalized spacial score (nSPS) is 9.48. The molecular weight excluding hydrogens is 378 g/mol. The summed E-state index contributed by atoms with van der Waals surface area (Å²) in [6, 6.07) is 6.84. The third kappa shape index (κ3) is 5.80. The molecule has 0 bridgehead atoms. The standard InChI is InChI=1S/C14H10F2N2O4S.CH3Cl/c1-22-13-5-3-9(7-12(13)18-23(20)21)17-14(19)8-2-4-10(15)11(16)6-8;1-2/h2-7H,1H3,(H,17,19);1H3. The second-order valence-corrected chi connectivity index (χ2v) is 4.89. The van der Waals surface area contributed by atoms with Gasteiger partial charge in [0, 0.05) is 17.6 Å². The van der Waals surface area contributed by atoms with Crippen LogP contribution in [0.15, 0.2) is 40.8 Å². The third-order valence-corrected chi connectivity index (χ3v) is 3.14. The molecule has 2 rings (SSSR count). The fraction of sp³-hybridized carbons (Fsp3) is 0.133. The summed E-state index contributed by atoms with van der Waals surface area (Å²) in [6.45, 7) is 0. The van der Waals surface area contributed by atoms with E-state index in [1.165, 1.54) is 31.7 Å². The van der Waals surface area contributed by atoms with E-state index in [4.69, 9.17) is 4.74 Å². The lowest BCUT2D eigenvalue weighted by Crippen LogP contribution is -2.12. The molecule has 0 aliphatic heterocycles. The number of nitrogens with zero attached hydrogens (tertiary/aromatic N) is 1. The summed E-state index contributed by atoms with van der Waals surface area (Å²) in [5.74, 6) is -2.71. The summed E-state index contributed by atoms with van der Waals surface area (Å²) >= 11 is 4.64. The smallest absolute Gasteiger partial charge is 0.316 e. The molecule has 0 aromatic heterocycles. The Morgan fingerprint density at radius 2 is 1.80 bits per heavy atom. The van der Waals surface area contributed by atoms with Crippen molar-refractivity contribution < 1.29 is 26.7 Å². The topological polar surface area (TPSA) is 84.8 Å². The van der Waals surface area contributed by atoms with Crippen LogP contribution < -0.4 is 10.1 Å². The van der Waals surface area contributed by atoms with E-state index in [1.54, 1.807) is 0 Å². The van der Waals surface area contributed by atoms with E-state index in [0.717, 1.165) is 18.2 Å². The second kappa shape index (κ2) is 9.70. The minimum atomic E-state index is -2.70. The molecule has 0 aliphatic rings. The van der Waals surface area contributed by atoms with Crippen LogP contribution in [0.2, 0.25) is 0 Å². The zero-order valence-electron chi connectivity index (χ0n) is 13.1. The summed E-state index contributed by atoms with van der Waals surface area (Å²) in [5.41, 5.74) is 0.110. The van der Waals surface area contributed by atoms with Crippen LogP contribution in [0.5, 0.6) is 5.75 Å². The van der Waals surface area contributed by atoms with Crippen molar-refractivity contribution in [2.75, 3.05) is 18.8 Å². The lowest BCUT2D eigenvalue weighted by Gasteiger charge is -2.08. The van der Waals surface area contributed by atoms with Crippen molar-refractivity contribution in [2.45, 2.75) is 0 Å². The maximum atomic E-state index is 13.1. The lowest BCUT2D eigenvalue weighted by molar-refractivity contribution is 0.102. The Morgan fingerprint density at radius 3 is 2.36 bits per heavy atom. The number of alkyl halides is 1. The predicted molar refractivity (Wildman–Crippen MR) is 90.1 cm³/mol. The van der Waals surface area contributed by atoms with E-state index in [1.807, 2.05) is 0 Å². The molecule has 2 aromatic rings. The number of amides is 1. The van der Waals surface area contributed by atoms with Gasteiger partial charge < -0.3 is 10.1 Å². The van der Waals surface area contributed by atoms with Crippen LogP contribution in [0.4, 0.5) is 20.2 Å². The van der Waals surface area contributed by atoms with Gasteiger partial charge in [0.05, 0.1) is 7.11 Å². The van der Waals surface area contributed by atoms with E-state index in [2.05, 4.69) is 21.3 Å². The number of ether oxygens (including phenoxy) is 1. The number of carbonyl (C=O) groups is 1. The number of nitrogens with one attached hydrogen (secondary N) is 1. The SMILES string of the molecule is CCl.COc1ccc(NC(=O)c2ccc(F)c(F)c2)cc1N=S(=O)=O. The molecule has 0 spiro atoms. The van der Waals surface area contributed by atoms with Gasteiger partial charge in [-0.25, -0.2) is 8.78 Å². The van der Waals surface area contributed by atoms with Gasteiger partial charge >= 0.3 is 10.5 Å². The quantitative estimate of drug-likeness (QED) is 0.805. The fourth-order valence-electron chi connectivity index (χ4n) is 1.76. The molecule has 134 valence electrons. The predicted octanol–water partition coefficient (Wildman–Crippen LogP) is 3.77. The molecule has 0 heterocycles. The van der Waals surface area contributed by atoms with Gasteiger partial charge in [0.1, 0.15) is 11.4 Å². The van der Waals surface area contributed by atoms with Gasteiger partial charge in [-0.2, -0.15) is 8.42 Å². The molecule has 0 saturated heterocycles. The Labute approximate surface area is 149 Å². The van der Waals surface area contributed by atoms with Crippen molar-refractivity contribution >= 4 is 39.4 Å². The Morgan fingerprint density at radius 1 is 1.12 bits per heavy atom. The number of benzene rings is 2. The summed E-state index contributed by atoms with van der Waals surface area (Å²) in [4.78, 5) is 12.0. The minimum Gasteiger partial charge on any atom is -0.494 e. The van der Waals surface area contributed by atoms with Gasteiger partial charge in [-0.1, -0.05) is 0 Å². The highest BCUT2D eigenvalue weighted by Crippen LogP contribution is 2.30. The van der Waals surface area contributed by atoms with Crippen molar-refractivity contribution in [2.24, 2.45) is 4.36 Å². The first-order chi connectivity index (χ1) is 11.9. The summed E-state index contributed by atoms with van der Waals surface area (Å²) in [5, 5.41) is 2.43. The largest absolute Gasteiger partial charge is 0.494 e. The van der Waals surface area contributed by atoms with Gasteiger partial charge in [-0.3, -0.25) is 4.79 Å². The van der Waals surface area contributed by atoms with E-state index < -0.39 is 28.0 Å². The van der Waals surface area contributed by atoms with Gasteiger partial charge in [-0.15, -0.1) is 16.0 Å². The first-order valence-electron chi connectivity index (χ1n) is 6.54. The molecule has 0 aliphatic carbocycles. The van der Waals surface area contributed by atoms with E-state index >= 15 is 0 Å². The molecule has 1 amide bonds. The monoisotopic (exact) mass is 390 g/mol. The molecule has 0 atom stereocenters. The van der Waals surface area contributed by atoms with Gasteiger partial charge in [0.2, 0.25) is 0 Å². The highest BCUT2D eigenvalue weighted by Gasteiger charge is 2.11. The second-order valence-electron chi connectivity index (χ2n) is 4.28. The first-order valence-corrected chi connectivity index (χ1v) is 8.33. The Kier molecular flexibility index (Phi) is 7.96. The van der Waals surface area contributed by atoms with Crippen LogP contribution in [0.1, 0.15) is 10.4 Å². The average molecular weight is 391 g/mol. The van der Waals surface area contributed by atoms with Crippen LogP contribution in [0, 0.1) is 11.6 Å². The van der Waals surface area contributed by atoms with Crippen LogP contribution in [-0.2, 0) is 10.5 Å². The molecule has 0 radical (unpaired) electrons. The van der Waals surface area contributed by atoms with E-state index in [-0.39, 0.29) is 22.7 Å². The number of carbonyl (C=O) groups excluding carboxylic acids is 1.